The van der Waals surface area contributed by atoms with Gasteiger partial charge in [-0.2, -0.15) is 0 Å². The van der Waals surface area contributed by atoms with Gasteiger partial charge in [-0.05, 0) is 24.8 Å². The van der Waals surface area contributed by atoms with E-state index < -0.39 is 0 Å². The zero-order valence-corrected chi connectivity index (χ0v) is 14.4. The van der Waals surface area contributed by atoms with E-state index in [0.29, 0.717) is 6.17 Å². The Labute approximate surface area is 136 Å². The van der Waals surface area contributed by atoms with Crippen LogP contribution in [-0.4, -0.2) is 22.5 Å². The number of hydrogen-bond donors (Lipinski definition) is 0. The molecule has 2 rings (SSSR count). The minimum atomic E-state index is 0.557. The van der Waals surface area contributed by atoms with Gasteiger partial charge in [-0.1, -0.05) is 69.9 Å². The molecule has 1 aromatic carbocycles. The first-order chi connectivity index (χ1) is 10.8. The highest BCUT2D eigenvalue weighted by Crippen LogP contribution is 2.24. The summed E-state index contributed by atoms with van der Waals surface area (Å²) in [6.07, 6.45) is 14.5. The Morgan fingerprint density at radius 3 is 2.27 bits per heavy atom. The molecule has 22 heavy (non-hydrogen) atoms. The SMILES string of the molecule is CCCCCCCC1N(CCC)C=CN1Cc1ccccc1. The molecule has 1 aliphatic heterocycles. The Kier molecular flexibility index (Phi) is 7.35. The molecule has 1 aliphatic rings. The maximum absolute atomic E-state index is 2.53. The molecular weight excluding hydrogens is 268 g/mol. The van der Waals surface area contributed by atoms with E-state index in [1.54, 1.807) is 0 Å². The molecule has 0 bridgehead atoms. The van der Waals surface area contributed by atoms with Crippen LogP contribution in [0.5, 0.6) is 0 Å². The van der Waals surface area contributed by atoms with Gasteiger partial charge in [0.05, 0.1) is 0 Å². The van der Waals surface area contributed by atoms with Crippen LogP contribution in [0.4, 0.5) is 0 Å². The Balaban J connectivity index is 1.87. The molecule has 0 aromatic heterocycles. The van der Waals surface area contributed by atoms with E-state index in [1.165, 1.54) is 57.1 Å². The van der Waals surface area contributed by atoms with Crippen LogP contribution in [0.2, 0.25) is 0 Å². The molecule has 1 aromatic rings. The van der Waals surface area contributed by atoms with E-state index in [-0.39, 0.29) is 0 Å². The van der Waals surface area contributed by atoms with Crippen molar-refractivity contribution in [3.63, 3.8) is 0 Å². The Morgan fingerprint density at radius 1 is 0.818 bits per heavy atom. The second kappa shape index (κ2) is 9.55. The molecule has 0 aliphatic carbocycles. The third kappa shape index (κ3) is 5.08. The smallest absolute Gasteiger partial charge is 0.101 e. The molecular formula is C20H32N2. The van der Waals surface area contributed by atoms with E-state index in [4.69, 9.17) is 0 Å². The van der Waals surface area contributed by atoms with Crippen LogP contribution in [0.15, 0.2) is 42.7 Å². The highest BCUT2D eigenvalue weighted by Gasteiger charge is 2.24. The average molecular weight is 300 g/mol. The molecule has 0 saturated heterocycles. The first-order valence-electron chi connectivity index (χ1n) is 9.09. The number of nitrogens with zero attached hydrogens (tertiary/aromatic N) is 2. The quantitative estimate of drug-likeness (QED) is 0.536. The first kappa shape index (κ1) is 16.9. The van der Waals surface area contributed by atoms with Crippen molar-refractivity contribution in [2.24, 2.45) is 0 Å². The lowest BCUT2D eigenvalue weighted by Crippen LogP contribution is -2.38. The zero-order chi connectivity index (χ0) is 15.6. The van der Waals surface area contributed by atoms with Crippen molar-refractivity contribution in [3.05, 3.63) is 48.3 Å². The fourth-order valence-electron chi connectivity index (χ4n) is 3.26. The lowest BCUT2D eigenvalue weighted by Gasteiger charge is -2.33. The second-order valence-corrected chi connectivity index (χ2v) is 6.38. The molecule has 0 spiro atoms. The zero-order valence-electron chi connectivity index (χ0n) is 14.4. The van der Waals surface area contributed by atoms with E-state index in [2.05, 4.69) is 66.4 Å². The van der Waals surface area contributed by atoms with E-state index in [9.17, 15) is 0 Å². The number of unbranched alkanes of at least 4 members (excludes halogenated alkanes) is 4. The predicted molar refractivity (Wildman–Crippen MR) is 95.3 cm³/mol. The Morgan fingerprint density at radius 2 is 1.55 bits per heavy atom. The van der Waals surface area contributed by atoms with Gasteiger partial charge in [0.1, 0.15) is 6.17 Å². The largest absolute Gasteiger partial charge is 0.356 e. The topological polar surface area (TPSA) is 6.48 Å². The molecule has 0 N–H and O–H groups in total. The summed E-state index contributed by atoms with van der Waals surface area (Å²) in [5.74, 6) is 0. The Hall–Kier alpha value is -1.44. The van der Waals surface area contributed by atoms with Gasteiger partial charge in [-0.15, -0.1) is 0 Å². The third-order valence-corrected chi connectivity index (χ3v) is 4.47. The minimum absolute atomic E-state index is 0.557. The van der Waals surface area contributed by atoms with Gasteiger partial charge in [-0.25, -0.2) is 0 Å². The molecule has 0 radical (unpaired) electrons. The van der Waals surface area contributed by atoms with Crippen molar-refractivity contribution >= 4 is 0 Å². The van der Waals surface area contributed by atoms with Crippen LogP contribution in [0, 0.1) is 0 Å². The molecule has 0 fully saturated rings. The molecule has 1 unspecified atom stereocenters. The summed E-state index contributed by atoms with van der Waals surface area (Å²) in [6, 6.07) is 10.8. The third-order valence-electron chi connectivity index (χ3n) is 4.47. The van der Waals surface area contributed by atoms with E-state index >= 15 is 0 Å². The first-order valence-corrected chi connectivity index (χ1v) is 9.09. The van der Waals surface area contributed by atoms with Crippen LogP contribution in [0.25, 0.3) is 0 Å². The Bertz CT molecular complexity index is 427. The summed E-state index contributed by atoms with van der Waals surface area (Å²) in [7, 11) is 0. The number of rotatable bonds is 10. The van der Waals surface area contributed by atoms with Gasteiger partial charge in [-0.3, -0.25) is 0 Å². The maximum atomic E-state index is 2.53. The average Bonchev–Trinajstić information content (AvgIpc) is 2.91. The predicted octanol–water partition coefficient (Wildman–Crippen LogP) is 5.37. The van der Waals surface area contributed by atoms with Crippen LogP contribution in [0.3, 0.4) is 0 Å². The molecule has 0 saturated carbocycles. The summed E-state index contributed by atoms with van der Waals surface area (Å²) in [4.78, 5) is 5.05. The second-order valence-electron chi connectivity index (χ2n) is 6.38. The minimum Gasteiger partial charge on any atom is -0.356 e. The van der Waals surface area contributed by atoms with Crippen molar-refractivity contribution in [1.82, 2.24) is 9.80 Å². The van der Waals surface area contributed by atoms with Crippen molar-refractivity contribution in [2.75, 3.05) is 6.54 Å². The molecule has 1 heterocycles. The highest BCUT2D eigenvalue weighted by molar-refractivity contribution is 5.15. The van der Waals surface area contributed by atoms with Crippen molar-refractivity contribution in [1.29, 1.82) is 0 Å². The lowest BCUT2D eigenvalue weighted by molar-refractivity contribution is 0.134. The molecule has 2 nitrogen and oxygen atoms in total. The molecule has 0 amide bonds. The van der Waals surface area contributed by atoms with Gasteiger partial charge < -0.3 is 9.80 Å². The maximum Gasteiger partial charge on any atom is 0.101 e. The van der Waals surface area contributed by atoms with E-state index in [0.717, 1.165) is 6.54 Å². The standard InChI is InChI=1S/C20H32N2/c1-3-5-6-7-11-14-20-21(15-4-2)16-17-22(20)18-19-12-9-8-10-13-19/h8-10,12-13,16-17,20H,3-7,11,14-15,18H2,1-2H3. The van der Waals surface area contributed by atoms with Gasteiger partial charge in [0.2, 0.25) is 0 Å². The summed E-state index contributed by atoms with van der Waals surface area (Å²) in [5, 5.41) is 0. The highest BCUT2D eigenvalue weighted by atomic mass is 15.4. The van der Waals surface area contributed by atoms with Crippen LogP contribution in [0.1, 0.15) is 64.4 Å². The normalized spacial score (nSPS) is 17.5. The fourth-order valence-corrected chi connectivity index (χ4v) is 3.26. The fraction of sp³-hybridized carbons (Fsp3) is 0.600. The van der Waals surface area contributed by atoms with Gasteiger partial charge in [0.25, 0.3) is 0 Å². The monoisotopic (exact) mass is 300 g/mol. The van der Waals surface area contributed by atoms with Crippen molar-refractivity contribution in [2.45, 2.75) is 71.5 Å². The van der Waals surface area contributed by atoms with Crippen LogP contribution < -0.4 is 0 Å². The van der Waals surface area contributed by atoms with Crippen molar-refractivity contribution < 1.29 is 0 Å². The van der Waals surface area contributed by atoms with Crippen LogP contribution in [-0.2, 0) is 6.54 Å². The molecule has 2 heteroatoms. The number of benzene rings is 1. The summed E-state index contributed by atoms with van der Waals surface area (Å²) < 4.78 is 0. The summed E-state index contributed by atoms with van der Waals surface area (Å²) in [5.41, 5.74) is 1.40. The van der Waals surface area contributed by atoms with Gasteiger partial charge in [0.15, 0.2) is 0 Å². The van der Waals surface area contributed by atoms with E-state index in [1.807, 2.05) is 0 Å². The lowest BCUT2D eigenvalue weighted by atomic mass is 10.1. The molecule has 122 valence electrons. The summed E-state index contributed by atoms with van der Waals surface area (Å²) >= 11 is 0. The van der Waals surface area contributed by atoms with Gasteiger partial charge >= 0.3 is 0 Å². The van der Waals surface area contributed by atoms with Crippen LogP contribution >= 0.6 is 0 Å². The summed E-state index contributed by atoms with van der Waals surface area (Å²) in [6.45, 7) is 6.75. The van der Waals surface area contributed by atoms with Crippen molar-refractivity contribution in [3.8, 4) is 0 Å². The van der Waals surface area contributed by atoms with Gasteiger partial charge in [0, 0.05) is 25.5 Å². The molecule has 1 atom stereocenters. The number of hydrogen-bond acceptors (Lipinski definition) is 2.